The van der Waals surface area contributed by atoms with E-state index in [1.54, 1.807) is 18.3 Å². The third kappa shape index (κ3) is 3.25. The van der Waals surface area contributed by atoms with Crippen LogP contribution >= 0.6 is 11.6 Å². The summed E-state index contributed by atoms with van der Waals surface area (Å²) in [4.78, 5) is 16.1. The molecule has 0 spiro atoms. The van der Waals surface area contributed by atoms with Gasteiger partial charge in [-0.25, -0.2) is 9.31 Å². The van der Waals surface area contributed by atoms with E-state index in [1.165, 1.54) is 4.52 Å². The topological polar surface area (TPSA) is 91.6 Å². The van der Waals surface area contributed by atoms with Crippen LogP contribution < -0.4 is 10.6 Å². The molecule has 0 bridgehead atoms. The van der Waals surface area contributed by atoms with Crippen molar-refractivity contribution in [3.63, 3.8) is 0 Å². The third-order valence-corrected chi connectivity index (χ3v) is 3.79. The van der Waals surface area contributed by atoms with Gasteiger partial charge < -0.3 is 10.4 Å². The molecule has 112 valence electrons. The fraction of sp³-hybridized carbons (Fsp3) is 0.462. The van der Waals surface area contributed by atoms with E-state index in [0.717, 1.165) is 25.7 Å². The Morgan fingerprint density at radius 3 is 3.00 bits per heavy atom. The zero-order chi connectivity index (χ0) is 14.8. The highest BCUT2D eigenvalue weighted by atomic mass is 35.5. The molecule has 2 aromatic heterocycles. The minimum absolute atomic E-state index is 0.195. The smallest absolute Gasteiger partial charge is 0.321 e. The first-order chi connectivity index (χ1) is 10.1. The zero-order valence-electron chi connectivity index (χ0n) is 11.3. The molecule has 2 heterocycles. The van der Waals surface area contributed by atoms with Gasteiger partial charge in [-0.05, 0) is 25.0 Å². The number of anilines is 1. The predicted octanol–water partition coefficient (Wildman–Crippen LogP) is 1.81. The van der Waals surface area contributed by atoms with E-state index in [0.29, 0.717) is 10.7 Å². The minimum atomic E-state index is -0.489. The number of aliphatic hydroxyl groups excluding tert-OH is 1. The highest BCUT2D eigenvalue weighted by molar-refractivity contribution is 6.30. The third-order valence-electron chi connectivity index (χ3n) is 3.57. The second kappa shape index (κ2) is 5.87. The molecule has 2 atom stereocenters. The van der Waals surface area contributed by atoms with Crippen LogP contribution in [0, 0.1) is 0 Å². The minimum Gasteiger partial charge on any atom is -0.391 e. The van der Waals surface area contributed by atoms with Crippen LogP contribution in [-0.2, 0) is 0 Å². The van der Waals surface area contributed by atoms with Crippen molar-refractivity contribution in [3.8, 4) is 0 Å². The van der Waals surface area contributed by atoms with Gasteiger partial charge in [0.05, 0.1) is 17.2 Å². The van der Waals surface area contributed by atoms with Crippen molar-refractivity contribution in [1.29, 1.82) is 0 Å². The highest BCUT2D eigenvalue weighted by Crippen LogP contribution is 2.18. The number of nitrogens with one attached hydrogen (secondary N) is 2. The molecular weight excluding hydrogens is 294 g/mol. The zero-order valence-corrected chi connectivity index (χ0v) is 12.0. The summed E-state index contributed by atoms with van der Waals surface area (Å²) < 4.78 is 1.49. The average molecular weight is 310 g/mol. The second-order valence-corrected chi connectivity index (χ2v) is 5.58. The molecular formula is C13H16ClN5O2. The molecule has 2 aromatic rings. The molecule has 0 aliphatic heterocycles. The summed E-state index contributed by atoms with van der Waals surface area (Å²) in [5.41, 5.74) is 0.590. The Hall–Kier alpha value is -1.86. The maximum atomic E-state index is 11.9. The largest absolute Gasteiger partial charge is 0.391 e. The molecule has 1 fully saturated rings. The number of carbonyl (C=O) groups is 1. The monoisotopic (exact) mass is 309 g/mol. The Balaban J connectivity index is 1.65. The Bertz CT molecular complexity index is 659. The van der Waals surface area contributed by atoms with Crippen LogP contribution in [0.25, 0.3) is 5.65 Å². The van der Waals surface area contributed by atoms with Crippen LogP contribution in [0.3, 0.4) is 0 Å². The van der Waals surface area contributed by atoms with Crippen LogP contribution in [0.5, 0.6) is 0 Å². The highest BCUT2D eigenvalue weighted by Gasteiger charge is 2.24. The maximum Gasteiger partial charge on any atom is 0.321 e. The van der Waals surface area contributed by atoms with Crippen LogP contribution in [0.15, 0.2) is 18.3 Å². The molecule has 3 rings (SSSR count). The molecule has 3 N–H and O–H groups in total. The quantitative estimate of drug-likeness (QED) is 0.789. The number of amides is 2. The van der Waals surface area contributed by atoms with Gasteiger partial charge in [0, 0.05) is 6.20 Å². The molecule has 1 aliphatic rings. The summed E-state index contributed by atoms with van der Waals surface area (Å²) in [5.74, 6) is 0.195. The lowest BCUT2D eigenvalue weighted by atomic mass is 9.93. The fourth-order valence-electron chi connectivity index (χ4n) is 2.50. The first kappa shape index (κ1) is 14.1. The van der Waals surface area contributed by atoms with Gasteiger partial charge in [0.2, 0.25) is 0 Å². The van der Waals surface area contributed by atoms with Crippen molar-refractivity contribution in [3.05, 3.63) is 23.4 Å². The average Bonchev–Trinajstić information content (AvgIpc) is 2.82. The van der Waals surface area contributed by atoms with Crippen LogP contribution in [0.4, 0.5) is 10.7 Å². The molecule has 0 aromatic carbocycles. The summed E-state index contributed by atoms with van der Waals surface area (Å²) in [6.07, 6.45) is 4.62. The van der Waals surface area contributed by atoms with E-state index in [2.05, 4.69) is 20.7 Å². The van der Waals surface area contributed by atoms with Crippen molar-refractivity contribution in [2.45, 2.75) is 37.8 Å². The van der Waals surface area contributed by atoms with Gasteiger partial charge in [0.25, 0.3) is 5.95 Å². The van der Waals surface area contributed by atoms with Gasteiger partial charge in [-0.3, -0.25) is 5.32 Å². The fourth-order valence-corrected chi connectivity index (χ4v) is 2.65. The molecule has 1 saturated carbocycles. The Labute approximate surface area is 126 Å². The SMILES string of the molecule is O=C(Nc1nc2ccc(Cl)cn2n1)NC1CCCCC1O. The van der Waals surface area contributed by atoms with Crippen LogP contribution in [-0.4, -0.2) is 37.9 Å². The number of urea groups is 1. The van der Waals surface area contributed by atoms with Gasteiger partial charge >= 0.3 is 6.03 Å². The number of hydrogen-bond acceptors (Lipinski definition) is 4. The molecule has 2 unspecified atom stereocenters. The van der Waals surface area contributed by atoms with Gasteiger partial charge in [-0.2, -0.15) is 4.98 Å². The number of halogens is 1. The number of fused-ring (bicyclic) bond motifs is 1. The van der Waals surface area contributed by atoms with Gasteiger partial charge in [0.15, 0.2) is 5.65 Å². The predicted molar refractivity (Wildman–Crippen MR) is 78.4 cm³/mol. The standard InChI is InChI=1S/C13H16ClN5O2/c14-8-5-6-11-16-12(18-19(11)7-8)17-13(21)15-9-3-1-2-4-10(9)20/h5-7,9-10,20H,1-4H2,(H2,15,17,18,21). The number of nitrogens with zero attached hydrogens (tertiary/aromatic N) is 3. The number of rotatable bonds is 2. The van der Waals surface area contributed by atoms with Crippen LogP contribution in [0.2, 0.25) is 5.02 Å². The lowest BCUT2D eigenvalue weighted by Crippen LogP contribution is -2.46. The molecule has 8 heteroatoms. The van der Waals surface area contributed by atoms with E-state index in [4.69, 9.17) is 11.6 Å². The molecule has 2 amide bonds. The number of aromatic nitrogens is 3. The number of hydrogen-bond donors (Lipinski definition) is 3. The molecule has 0 saturated heterocycles. The van der Waals surface area contributed by atoms with Crippen molar-refractivity contribution >= 4 is 29.2 Å². The summed E-state index contributed by atoms with van der Waals surface area (Å²) in [5, 5.41) is 19.8. The van der Waals surface area contributed by atoms with E-state index < -0.39 is 12.1 Å². The Kier molecular flexibility index (Phi) is 3.94. The number of carbonyl (C=O) groups excluding carboxylic acids is 1. The molecule has 0 radical (unpaired) electrons. The Morgan fingerprint density at radius 2 is 2.19 bits per heavy atom. The second-order valence-electron chi connectivity index (χ2n) is 5.14. The molecule has 1 aliphatic carbocycles. The molecule has 7 nitrogen and oxygen atoms in total. The summed E-state index contributed by atoms with van der Waals surface area (Å²) in [6, 6.07) is 2.78. The van der Waals surface area contributed by atoms with E-state index in [1.807, 2.05) is 0 Å². The number of aliphatic hydroxyl groups is 1. The van der Waals surface area contributed by atoms with Crippen molar-refractivity contribution < 1.29 is 9.90 Å². The Morgan fingerprint density at radius 1 is 1.38 bits per heavy atom. The van der Waals surface area contributed by atoms with Crippen molar-refractivity contribution in [2.24, 2.45) is 0 Å². The van der Waals surface area contributed by atoms with Gasteiger partial charge in [-0.15, -0.1) is 5.10 Å². The number of pyridine rings is 1. The summed E-state index contributed by atoms with van der Waals surface area (Å²) >= 11 is 5.86. The summed E-state index contributed by atoms with van der Waals surface area (Å²) in [7, 11) is 0. The van der Waals surface area contributed by atoms with Gasteiger partial charge in [0.1, 0.15) is 0 Å². The van der Waals surface area contributed by atoms with Gasteiger partial charge in [-0.1, -0.05) is 24.4 Å². The lowest BCUT2D eigenvalue weighted by molar-refractivity contribution is 0.0955. The van der Waals surface area contributed by atoms with Crippen molar-refractivity contribution in [2.75, 3.05) is 5.32 Å². The summed E-state index contributed by atoms with van der Waals surface area (Å²) in [6.45, 7) is 0. The van der Waals surface area contributed by atoms with E-state index in [-0.39, 0.29) is 12.0 Å². The molecule has 21 heavy (non-hydrogen) atoms. The van der Waals surface area contributed by atoms with Crippen LogP contribution in [0.1, 0.15) is 25.7 Å². The van der Waals surface area contributed by atoms with E-state index >= 15 is 0 Å². The lowest BCUT2D eigenvalue weighted by Gasteiger charge is -2.28. The van der Waals surface area contributed by atoms with E-state index in [9.17, 15) is 9.90 Å². The maximum absolute atomic E-state index is 11.9. The first-order valence-electron chi connectivity index (χ1n) is 6.89. The van der Waals surface area contributed by atoms with Crippen molar-refractivity contribution in [1.82, 2.24) is 19.9 Å². The first-order valence-corrected chi connectivity index (χ1v) is 7.27. The normalized spacial score (nSPS) is 22.2.